The van der Waals surface area contributed by atoms with Crippen molar-refractivity contribution in [3.05, 3.63) is 24.0 Å². The number of carbonyl (C=O) groups excluding carboxylic acids is 1. The van der Waals surface area contributed by atoms with Crippen molar-refractivity contribution in [1.29, 1.82) is 0 Å². The monoisotopic (exact) mass is 293 g/mol. The van der Waals surface area contributed by atoms with E-state index in [-0.39, 0.29) is 12.5 Å². The summed E-state index contributed by atoms with van der Waals surface area (Å²) in [5.74, 6) is -1.17. The van der Waals surface area contributed by atoms with Gasteiger partial charge in [0.05, 0.1) is 0 Å². The number of rotatable bonds is 6. The van der Waals surface area contributed by atoms with Crippen molar-refractivity contribution < 1.29 is 14.7 Å². The van der Waals surface area contributed by atoms with Crippen molar-refractivity contribution in [2.75, 3.05) is 26.2 Å². The molecule has 2 N–H and O–H groups in total. The number of amides is 1. The van der Waals surface area contributed by atoms with E-state index in [0.717, 1.165) is 32.4 Å². The van der Waals surface area contributed by atoms with E-state index in [1.807, 2.05) is 23.8 Å². The Morgan fingerprint density at radius 1 is 1.43 bits per heavy atom. The number of carboxylic acid groups (broad SMARTS) is 1. The molecule has 0 unspecified atom stereocenters. The Kier molecular flexibility index (Phi) is 5.38. The molecule has 1 aromatic rings. The molecule has 21 heavy (non-hydrogen) atoms. The highest BCUT2D eigenvalue weighted by Gasteiger charge is 2.24. The van der Waals surface area contributed by atoms with Crippen molar-refractivity contribution >= 4 is 11.9 Å². The first-order valence-electron chi connectivity index (χ1n) is 7.52. The first-order chi connectivity index (χ1) is 10.1. The van der Waals surface area contributed by atoms with E-state index in [2.05, 4.69) is 5.32 Å². The fourth-order valence-electron chi connectivity index (χ4n) is 2.83. The third kappa shape index (κ3) is 3.85. The molecule has 2 rings (SSSR count). The van der Waals surface area contributed by atoms with Crippen LogP contribution < -0.4 is 5.32 Å². The first kappa shape index (κ1) is 15.6. The van der Waals surface area contributed by atoms with E-state index >= 15 is 0 Å². The lowest BCUT2D eigenvalue weighted by molar-refractivity contribution is -0.137. The molecule has 1 aliphatic rings. The number of aliphatic carboxylic acids is 1. The lowest BCUT2D eigenvalue weighted by Gasteiger charge is -2.27. The Balaban J connectivity index is 2.17. The quantitative estimate of drug-likeness (QED) is 0.830. The molecule has 0 aromatic carbocycles. The van der Waals surface area contributed by atoms with Gasteiger partial charge in [0.15, 0.2) is 0 Å². The topological polar surface area (TPSA) is 74.6 Å². The molecule has 0 bridgehead atoms. The number of nitrogens with zero attached hydrogens (tertiary/aromatic N) is 2. The predicted octanol–water partition coefficient (Wildman–Crippen LogP) is 1.35. The molecular formula is C15H23N3O3. The van der Waals surface area contributed by atoms with Crippen LogP contribution in [0.15, 0.2) is 18.3 Å². The van der Waals surface area contributed by atoms with Crippen LogP contribution in [0.25, 0.3) is 0 Å². The maximum absolute atomic E-state index is 12.6. The summed E-state index contributed by atoms with van der Waals surface area (Å²) < 4.78 is 2.01. The maximum Gasteiger partial charge on any atom is 0.323 e. The van der Waals surface area contributed by atoms with Crippen LogP contribution in [0, 0.1) is 0 Å². The average Bonchev–Trinajstić information content (AvgIpc) is 2.96. The number of hydrogen-bond acceptors (Lipinski definition) is 3. The third-order valence-corrected chi connectivity index (χ3v) is 3.81. The van der Waals surface area contributed by atoms with Gasteiger partial charge in [0.25, 0.3) is 5.91 Å². The molecule has 1 fully saturated rings. The van der Waals surface area contributed by atoms with E-state index < -0.39 is 5.97 Å². The number of carboxylic acids is 1. The second kappa shape index (κ2) is 7.26. The molecular weight excluding hydrogens is 270 g/mol. The van der Waals surface area contributed by atoms with E-state index in [1.54, 1.807) is 6.07 Å². The van der Waals surface area contributed by atoms with Crippen molar-refractivity contribution in [3.63, 3.8) is 0 Å². The highest BCUT2D eigenvalue weighted by Crippen LogP contribution is 2.22. The third-order valence-electron chi connectivity index (χ3n) is 3.81. The van der Waals surface area contributed by atoms with Crippen LogP contribution >= 0.6 is 0 Å². The second-order valence-electron chi connectivity index (χ2n) is 5.40. The fraction of sp³-hybridized carbons (Fsp3) is 0.600. The van der Waals surface area contributed by atoms with Crippen molar-refractivity contribution in [2.24, 2.45) is 0 Å². The van der Waals surface area contributed by atoms with Gasteiger partial charge in [-0.3, -0.25) is 9.59 Å². The molecule has 1 aliphatic heterocycles. The largest absolute Gasteiger partial charge is 0.480 e. The minimum atomic E-state index is -0.975. The highest BCUT2D eigenvalue weighted by molar-refractivity contribution is 5.94. The summed E-state index contributed by atoms with van der Waals surface area (Å²) in [5, 5.41) is 12.3. The normalized spacial score (nSPS) is 15.9. The van der Waals surface area contributed by atoms with Gasteiger partial charge in [0, 0.05) is 18.8 Å². The standard InChI is InChI=1S/C15H23N3O3/c1-2-9-17(11-14(19)20)15(21)13-4-3-10-18(13)12-5-7-16-8-6-12/h3-4,10,12,16H,2,5-9,11H2,1H3,(H,19,20). The molecule has 0 spiro atoms. The van der Waals surface area contributed by atoms with Gasteiger partial charge < -0.3 is 19.9 Å². The van der Waals surface area contributed by atoms with Crippen LogP contribution in [-0.2, 0) is 4.79 Å². The first-order valence-corrected chi connectivity index (χ1v) is 7.52. The number of aromatic nitrogens is 1. The van der Waals surface area contributed by atoms with Gasteiger partial charge in [0.1, 0.15) is 12.2 Å². The Morgan fingerprint density at radius 2 is 2.14 bits per heavy atom. The lowest BCUT2D eigenvalue weighted by Crippen LogP contribution is -2.38. The molecule has 1 aromatic heterocycles. The molecule has 0 aliphatic carbocycles. The van der Waals surface area contributed by atoms with Crippen LogP contribution in [0.3, 0.4) is 0 Å². The van der Waals surface area contributed by atoms with Gasteiger partial charge in [-0.1, -0.05) is 6.92 Å². The van der Waals surface area contributed by atoms with Gasteiger partial charge >= 0.3 is 5.97 Å². The van der Waals surface area contributed by atoms with Gasteiger partial charge in [-0.2, -0.15) is 0 Å². The van der Waals surface area contributed by atoms with Crippen molar-refractivity contribution in [1.82, 2.24) is 14.8 Å². The lowest BCUT2D eigenvalue weighted by atomic mass is 10.1. The Hall–Kier alpha value is -1.82. The van der Waals surface area contributed by atoms with E-state index in [4.69, 9.17) is 5.11 Å². The fourth-order valence-corrected chi connectivity index (χ4v) is 2.83. The summed E-state index contributed by atoms with van der Waals surface area (Å²) in [6.07, 6.45) is 4.64. The van der Waals surface area contributed by atoms with Gasteiger partial charge in [-0.05, 0) is 44.5 Å². The molecule has 6 heteroatoms. The summed E-state index contributed by atoms with van der Waals surface area (Å²) in [7, 11) is 0. The molecule has 0 radical (unpaired) electrons. The molecule has 0 atom stereocenters. The zero-order valence-electron chi connectivity index (χ0n) is 12.4. The maximum atomic E-state index is 12.6. The average molecular weight is 293 g/mol. The van der Waals surface area contributed by atoms with Gasteiger partial charge in [-0.25, -0.2) is 0 Å². The molecule has 1 saturated heterocycles. The number of hydrogen-bond donors (Lipinski definition) is 2. The van der Waals surface area contributed by atoms with Crippen LogP contribution in [0.1, 0.15) is 42.7 Å². The molecule has 116 valence electrons. The number of piperidine rings is 1. The minimum Gasteiger partial charge on any atom is -0.480 e. The van der Waals surface area contributed by atoms with Crippen LogP contribution in [-0.4, -0.2) is 52.6 Å². The summed E-state index contributed by atoms with van der Waals surface area (Å²) >= 11 is 0. The molecule has 6 nitrogen and oxygen atoms in total. The van der Waals surface area contributed by atoms with Crippen LogP contribution in [0.2, 0.25) is 0 Å². The van der Waals surface area contributed by atoms with Gasteiger partial charge in [-0.15, -0.1) is 0 Å². The zero-order valence-corrected chi connectivity index (χ0v) is 12.4. The summed E-state index contributed by atoms with van der Waals surface area (Å²) in [4.78, 5) is 25.0. The second-order valence-corrected chi connectivity index (χ2v) is 5.40. The highest BCUT2D eigenvalue weighted by atomic mass is 16.4. The summed E-state index contributed by atoms with van der Waals surface area (Å²) in [5.41, 5.74) is 0.594. The Bertz CT molecular complexity index is 492. The van der Waals surface area contributed by atoms with Crippen molar-refractivity contribution in [3.8, 4) is 0 Å². The van der Waals surface area contributed by atoms with Gasteiger partial charge in [0.2, 0.25) is 0 Å². The molecule has 0 saturated carbocycles. The Labute approximate surface area is 124 Å². The molecule has 1 amide bonds. The SMILES string of the molecule is CCCN(CC(=O)O)C(=O)c1cccn1C1CCNCC1. The Morgan fingerprint density at radius 3 is 2.76 bits per heavy atom. The predicted molar refractivity (Wildman–Crippen MR) is 79.4 cm³/mol. The van der Waals surface area contributed by atoms with E-state index in [1.165, 1.54) is 4.90 Å². The van der Waals surface area contributed by atoms with Crippen molar-refractivity contribution in [2.45, 2.75) is 32.2 Å². The summed E-state index contributed by atoms with van der Waals surface area (Å²) in [6.45, 7) is 4.05. The number of carbonyl (C=O) groups is 2. The summed E-state index contributed by atoms with van der Waals surface area (Å²) in [6, 6.07) is 3.96. The van der Waals surface area contributed by atoms with Crippen LogP contribution in [0.4, 0.5) is 0 Å². The molecule has 2 heterocycles. The number of nitrogens with one attached hydrogen (secondary N) is 1. The van der Waals surface area contributed by atoms with E-state index in [9.17, 15) is 9.59 Å². The zero-order chi connectivity index (χ0) is 15.2. The van der Waals surface area contributed by atoms with Crippen LogP contribution in [0.5, 0.6) is 0 Å². The minimum absolute atomic E-state index is 0.192. The van der Waals surface area contributed by atoms with E-state index in [0.29, 0.717) is 18.3 Å². The smallest absolute Gasteiger partial charge is 0.323 e.